The molecule has 3 aliphatic heterocycles. The van der Waals surface area contributed by atoms with Crippen LogP contribution in [0.2, 0.25) is 0 Å². The van der Waals surface area contributed by atoms with Gasteiger partial charge in [-0.3, -0.25) is 14.4 Å². The van der Waals surface area contributed by atoms with Crippen LogP contribution in [0.5, 0.6) is 0 Å². The Morgan fingerprint density at radius 3 is 2.47 bits per heavy atom. The first-order valence-corrected chi connectivity index (χ1v) is 11.4. The predicted molar refractivity (Wildman–Crippen MR) is 119 cm³/mol. The number of aliphatic hydroxyl groups excluding tert-OH is 1. The molecule has 3 heterocycles. The molecule has 3 N–H and O–H groups in total. The van der Waals surface area contributed by atoms with Gasteiger partial charge in [-0.05, 0) is 52.2 Å². The maximum absolute atomic E-state index is 13.6. The lowest BCUT2D eigenvalue weighted by Crippen LogP contribution is -2.58. The number of rotatable bonds is 6. The van der Waals surface area contributed by atoms with Crippen molar-refractivity contribution in [3.63, 3.8) is 0 Å². The summed E-state index contributed by atoms with van der Waals surface area (Å²) in [5, 5.41) is 15.6. The number of hydrogen-bond donors (Lipinski definition) is 3. The average molecular weight is 444 g/mol. The molecule has 8 heteroatoms. The monoisotopic (exact) mass is 443 g/mol. The molecule has 3 amide bonds. The Hall–Kier alpha value is -2.45. The number of anilines is 1. The number of β-amino-alcohol motifs (C(OH)–C–C–N with tert-alkyl or cyclic N) is 1. The van der Waals surface area contributed by atoms with E-state index in [2.05, 4.69) is 10.6 Å². The van der Waals surface area contributed by atoms with Crippen LogP contribution in [0.4, 0.5) is 5.69 Å². The molecule has 0 aromatic heterocycles. The van der Waals surface area contributed by atoms with Gasteiger partial charge in [0, 0.05) is 17.8 Å². The van der Waals surface area contributed by atoms with E-state index >= 15 is 0 Å². The minimum atomic E-state index is -1.07. The number of aliphatic hydroxyl groups is 1. The van der Waals surface area contributed by atoms with Crippen molar-refractivity contribution in [2.75, 3.05) is 18.5 Å². The van der Waals surface area contributed by atoms with Crippen LogP contribution in [0.1, 0.15) is 47.0 Å². The van der Waals surface area contributed by atoms with E-state index in [1.54, 1.807) is 12.1 Å². The van der Waals surface area contributed by atoms with E-state index in [1.807, 2.05) is 45.9 Å². The van der Waals surface area contributed by atoms with Gasteiger partial charge in [0.2, 0.25) is 17.7 Å². The van der Waals surface area contributed by atoms with E-state index in [0.29, 0.717) is 24.9 Å². The summed E-state index contributed by atoms with van der Waals surface area (Å²) in [4.78, 5) is 42.0. The summed E-state index contributed by atoms with van der Waals surface area (Å²) in [5.74, 6) is -2.34. The number of carbonyl (C=O) groups is 3. The number of likely N-dealkylation sites (tertiary alicyclic amines) is 1. The Labute approximate surface area is 188 Å². The number of nitrogens with one attached hydrogen (secondary N) is 2. The molecular formula is C24H33N3O5. The van der Waals surface area contributed by atoms with Gasteiger partial charge >= 0.3 is 0 Å². The zero-order valence-electron chi connectivity index (χ0n) is 19.2. The van der Waals surface area contributed by atoms with Crippen LogP contribution in [-0.4, -0.2) is 63.7 Å². The summed E-state index contributed by atoms with van der Waals surface area (Å²) >= 11 is 0. The van der Waals surface area contributed by atoms with Crippen molar-refractivity contribution in [1.29, 1.82) is 0 Å². The number of nitrogens with zero attached hydrogens (tertiary/aromatic N) is 1. The van der Waals surface area contributed by atoms with Gasteiger partial charge in [-0.25, -0.2) is 0 Å². The van der Waals surface area contributed by atoms with Gasteiger partial charge in [0.25, 0.3) is 0 Å². The van der Waals surface area contributed by atoms with E-state index in [4.69, 9.17) is 4.74 Å². The first-order valence-electron chi connectivity index (χ1n) is 11.4. The van der Waals surface area contributed by atoms with E-state index in [-0.39, 0.29) is 30.9 Å². The van der Waals surface area contributed by atoms with Gasteiger partial charge < -0.3 is 25.4 Å². The highest BCUT2D eigenvalue weighted by Crippen LogP contribution is 2.64. The van der Waals surface area contributed by atoms with Gasteiger partial charge in [-0.15, -0.1) is 0 Å². The van der Waals surface area contributed by atoms with Gasteiger partial charge in [-0.1, -0.05) is 25.1 Å². The molecule has 3 fully saturated rings. The molecule has 174 valence electrons. The summed E-state index contributed by atoms with van der Waals surface area (Å²) in [7, 11) is 0. The topological polar surface area (TPSA) is 108 Å². The van der Waals surface area contributed by atoms with Crippen molar-refractivity contribution in [3.05, 3.63) is 30.3 Å². The number of ether oxygens (including phenoxy) is 1. The fraction of sp³-hybridized carbons (Fsp3) is 0.625. The quantitative estimate of drug-likeness (QED) is 0.620. The van der Waals surface area contributed by atoms with Crippen LogP contribution >= 0.6 is 0 Å². The summed E-state index contributed by atoms with van der Waals surface area (Å²) in [6, 6.07) is 8.25. The van der Waals surface area contributed by atoms with Crippen LogP contribution in [0, 0.1) is 11.8 Å². The number of amides is 3. The Morgan fingerprint density at radius 2 is 1.88 bits per heavy atom. The lowest BCUT2D eigenvalue weighted by atomic mass is 9.65. The normalized spacial score (nSPS) is 33.3. The predicted octanol–water partition coefficient (Wildman–Crippen LogP) is 1.69. The van der Waals surface area contributed by atoms with E-state index in [9.17, 15) is 19.5 Å². The molecular weight excluding hydrogens is 410 g/mol. The molecule has 0 aliphatic carbocycles. The summed E-state index contributed by atoms with van der Waals surface area (Å²) in [6.45, 7) is 7.35. The summed E-state index contributed by atoms with van der Waals surface area (Å²) in [6.07, 6.45) is 1.70. The third kappa shape index (κ3) is 3.40. The maximum atomic E-state index is 13.6. The highest BCUT2D eigenvalue weighted by Gasteiger charge is 2.78. The third-order valence-electron chi connectivity index (χ3n) is 7.09. The minimum absolute atomic E-state index is 0.0226. The van der Waals surface area contributed by atoms with Gasteiger partial charge in [0.05, 0.1) is 24.0 Å². The molecule has 0 saturated carbocycles. The molecule has 2 unspecified atom stereocenters. The number of benzene rings is 1. The zero-order chi connectivity index (χ0) is 23.3. The molecule has 8 nitrogen and oxygen atoms in total. The highest BCUT2D eigenvalue weighted by molar-refractivity contribution is 6.02. The first-order chi connectivity index (χ1) is 15.1. The van der Waals surface area contributed by atoms with E-state index in [1.165, 1.54) is 4.90 Å². The number of carbonyl (C=O) groups excluding carboxylic acids is 3. The van der Waals surface area contributed by atoms with Crippen molar-refractivity contribution in [2.45, 2.75) is 69.7 Å². The second kappa shape index (κ2) is 7.85. The Balaban J connectivity index is 1.74. The number of fused-ring (bicyclic) bond motifs is 1. The van der Waals surface area contributed by atoms with Crippen molar-refractivity contribution in [1.82, 2.24) is 10.2 Å². The van der Waals surface area contributed by atoms with Gasteiger partial charge in [-0.2, -0.15) is 0 Å². The van der Waals surface area contributed by atoms with Crippen LogP contribution < -0.4 is 10.6 Å². The first kappa shape index (κ1) is 22.7. The second-order valence-corrected chi connectivity index (χ2v) is 10.2. The number of para-hydroxylation sites is 1. The fourth-order valence-corrected chi connectivity index (χ4v) is 5.94. The fourth-order valence-electron chi connectivity index (χ4n) is 5.94. The lowest BCUT2D eigenvalue weighted by molar-refractivity contribution is -0.147. The maximum Gasteiger partial charge on any atom is 0.246 e. The van der Waals surface area contributed by atoms with Crippen molar-refractivity contribution < 1.29 is 24.2 Å². The molecule has 1 spiro atoms. The molecule has 2 bridgehead atoms. The average Bonchev–Trinajstić information content (AvgIpc) is 3.32. The van der Waals surface area contributed by atoms with Crippen LogP contribution in [0.3, 0.4) is 0 Å². The van der Waals surface area contributed by atoms with Gasteiger partial charge in [0.15, 0.2) is 0 Å². The van der Waals surface area contributed by atoms with Crippen LogP contribution in [-0.2, 0) is 19.1 Å². The summed E-state index contributed by atoms with van der Waals surface area (Å²) in [5.41, 5.74) is -1.70. The number of hydrogen-bond acceptors (Lipinski definition) is 5. The van der Waals surface area contributed by atoms with Crippen molar-refractivity contribution >= 4 is 23.4 Å². The molecule has 4 rings (SSSR count). The van der Waals surface area contributed by atoms with Crippen LogP contribution in [0.25, 0.3) is 0 Å². The van der Waals surface area contributed by atoms with Crippen molar-refractivity contribution in [3.8, 4) is 0 Å². The Bertz CT molecular complexity index is 914. The van der Waals surface area contributed by atoms with Crippen LogP contribution in [0.15, 0.2) is 30.3 Å². The molecule has 1 aromatic rings. The molecule has 1 aromatic carbocycles. The molecule has 3 aliphatic rings. The SMILES string of the molecule is CC[C@]12CCC3(O1)C(C(=O)NC(C)(C)C)N(CCO)C(=O)[C@@H]3[C@H]2C(=O)Nc1ccccc1. The minimum Gasteiger partial charge on any atom is -0.395 e. The molecule has 5 atom stereocenters. The molecule has 0 radical (unpaired) electrons. The molecule has 3 saturated heterocycles. The molecule has 32 heavy (non-hydrogen) atoms. The smallest absolute Gasteiger partial charge is 0.246 e. The Kier molecular flexibility index (Phi) is 5.57. The van der Waals surface area contributed by atoms with Crippen molar-refractivity contribution in [2.24, 2.45) is 11.8 Å². The standard InChI is InChI=1S/C24H33N3O5/c1-5-23-11-12-24(32-23)17(16(23)19(29)25-15-9-7-6-8-10-15)21(31)27(13-14-28)18(24)20(30)26-22(2,3)4/h6-10,16-18,28H,5,11-14H2,1-4H3,(H,25,29)(H,26,30)/t16-,17-,18?,23+,24?/m0/s1. The highest BCUT2D eigenvalue weighted by atomic mass is 16.5. The van der Waals surface area contributed by atoms with Gasteiger partial charge in [0.1, 0.15) is 11.6 Å². The van der Waals surface area contributed by atoms with E-state index < -0.39 is 34.6 Å². The Morgan fingerprint density at radius 1 is 1.19 bits per heavy atom. The third-order valence-corrected chi connectivity index (χ3v) is 7.09. The second-order valence-electron chi connectivity index (χ2n) is 10.2. The lowest BCUT2D eigenvalue weighted by Gasteiger charge is -2.35. The summed E-state index contributed by atoms with van der Waals surface area (Å²) < 4.78 is 6.62. The van der Waals surface area contributed by atoms with E-state index in [0.717, 1.165) is 0 Å². The zero-order valence-corrected chi connectivity index (χ0v) is 19.2. The largest absolute Gasteiger partial charge is 0.395 e.